The van der Waals surface area contributed by atoms with Crippen molar-refractivity contribution < 1.29 is 24.5 Å². The lowest BCUT2D eigenvalue weighted by Gasteiger charge is -2.29. The van der Waals surface area contributed by atoms with Crippen LogP contribution in [0.15, 0.2) is 24.3 Å². The molecule has 1 fully saturated rings. The minimum Gasteiger partial charge on any atom is -0.493 e. The molecule has 1 aromatic rings. The third-order valence-electron chi connectivity index (χ3n) is 4.39. The lowest BCUT2D eigenvalue weighted by atomic mass is 9.83. The van der Waals surface area contributed by atoms with E-state index in [1.54, 1.807) is 24.3 Å². The summed E-state index contributed by atoms with van der Waals surface area (Å²) in [4.78, 5) is 22.8. The van der Waals surface area contributed by atoms with Gasteiger partial charge in [0.05, 0.1) is 6.61 Å². The first-order valence-corrected chi connectivity index (χ1v) is 7.63. The Kier molecular flexibility index (Phi) is 5.19. The molecule has 0 amide bonds. The van der Waals surface area contributed by atoms with Gasteiger partial charge in [0.2, 0.25) is 0 Å². The summed E-state index contributed by atoms with van der Waals surface area (Å²) in [7, 11) is 0. The Balaban J connectivity index is 1.97. The molecule has 0 heterocycles. The molecular formula is C17H22O5. The third-order valence-corrected chi connectivity index (χ3v) is 4.39. The molecule has 1 unspecified atom stereocenters. The van der Waals surface area contributed by atoms with E-state index in [9.17, 15) is 19.8 Å². The molecule has 5 heteroatoms. The normalized spacial score (nSPS) is 17.9. The van der Waals surface area contributed by atoms with E-state index in [4.69, 9.17) is 4.74 Å². The van der Waals surface area contributed by atoms with E-state index in [2.05, 4.69) is 0 Å². The van der Waals surface area contributed by atoms with Crippen molar-refractivity contribution in [1.82, 2.24) is 0 Å². The van der Waals surface area contributed by atoms with Gasteiger partial charge in [-0.1, -0.05) is 25.0 Å². The summed E-state index contributed by atoms with van der Waals surface area (Å²) >= 11 is 0. The number of aliphatic hydroxyl groups is 1. The highest BCUT2D eigenvalue weighted by Crippen LogP contribution is 2.36. The summed E-state index contributed by atoms with van der Waals surface area (Å²) in [6.07, 6.45) is 3.44. The fourth-order valence-corrected chi connectivity index (χ4v) is 3.02. The number of carbonyl (C=O) groups excluding carboxylic acids is 1. The van der Waals surface area contributed by atoms with Crippen molar-refractivity contribution in [2.75, 3.05) is 6.61 Å². The predicted octanol–water partition coefficient (Wildman–Crippen LogP) is 2.66. The summed E-state index contributed by atoms with van der Waals surface area (Å²) in [5.41, 5.74) is -1.18. The number of hydrogen-bond donors (Lipinski definition) is 2. The van der Waals surface area contributed by atoms with Crippen LogP contribution in [0.5, 0.6) is 5.75 Å². The molecule has 1 aromatic carbocycles. The second kappa shape index (κ2) is 6.92. The number of ether oxygens (including phenoxy) is 1. The maximum atomic E-state index is 11.4. The SMILES string of the molecule is CC(=O)c1cccc(OCCC(O)(C(=O)O)C2CCCC2)c1. The molecule has 2 N–H and O–H groups in total. The molecule has 0 saturated heterocycles. The average molecular weight is 306 g/mol. The highest BCUT2D eigenvalue weighted by molar-refractivity contribution is 5.94. The molecule has 120 valence electrons. The molecule has 0 bridgehead atoms. The van der Waals surface area contributed by atoms with Gasteiger partial charge in [-0.2, -0.15) is 0 Å². The maximum Gasteiger partial charge on any atom is 0.336 e. The van der Waals surface area contributed by atoms with Crippen molar-refractivity contribution in [1.29, 1.82) is 0 Å². The fourth-order valence-electron chi connectivity index (χ4n) is 3.02. The molecule has 1 saturated carbocycles. The molecule has 1 aliphatic rings. The number of carboxylic acids is 1. The van der Waals surface area contributed by atoms with Gasteiger partial charge in [0.25, 0.3) is 0 Å². The van der Waals surface area contributed by atoms with Gasteiger partial charge in [-0.25, -0.2) is 4.79 Å². The second-order valence-corrected chi connectivity index (χ2v) is 5.89. The number of hydrogen-bond acceptors (Lipinski definition) is 4. The summed E-state index contributed by atoms with van der Waals surface area (Å²) in [6, 6.07) is 6.74. The Hall–Kier alpha value is -1.88. The average Bonchev–Trinajstić information content (AvgIpc) is 3.02. The lowest BCUT2D eigenvalue weighted by molar-refractivity contribution is -0.166. The summed E-state index contributed by atoms with van der Waals surface area (Å²) in [5.74, 6) is -0.942. The van der Waals surface area contributed by atoms with Crippen LogP contribution < -0.4 is 4.74 Å². The van der Waals surface area contributed by atoms with Crippen molar-refractivity contribution in [2.24, 2.45) is 5.92 Å². The van der Waals surface area contributed by atoms with Crippen LogP contribution in [0.3, 0.4) is 0 Å². The Morgan fingerprint density at radius 3 is 2.59 bits per heavy atom. The van der Waals surface area contributed by atoms with E-state index in [-0.39, 0.29) is 24.7 Å². The molecule has 0 aliphatic heterocycles. The molecule has 0 radical (unpaired) electrons. The van der Waals surface area contributed by atoms with Crippen molar-refractivity contribution in [3.8, 4) is 5.75 Å². The molecular weight excluding hydrogens is 284 g/mol. The quantitative estimate of drug-likeness (QED) is 0.757. The highest BCUT2D eigenvalue weighted by Gasteiger charge is 2.44. The van der Waals surface area contributed by atoms with Gasteiger partial charge in [-0.15, -0.1) is 0 Å². The van der Waals surface area contributed by atoms with Gasteiger partial charge < -0.3 is 14.9 Å². The van der Waals surface area contributed by atoms with E-state index < -0.39 is 11.6 Å². The van der Waals surface area contributed by atoms with Crippen LogP contribution >= 0.6 is 0 Å². The van der Waals surface area contributed by atoms with Crippen molar-refractivity contribution in [3.05, 3.63) is 29.8 Å². The van der Waals surface area contributed by atoms with Gasteiger partial charge in [0.15, 0.2) is 11.4 Å². The Bertz CT molecular complexity index is 548. The largest absolute Gasteiger partial charge is 0.493 e. The zero-order valence-electron chi connectivity index (χ0n) is 12.7. The lowest BCUT2D eigenvalue weighted by Crippen LogP contribution is -2.46. The van der Waals surface area contributed by atoms with E-state index in [0.717, 1.165) is 25.7 Å². The minimum absolute atomic E-state index is 0.0390. The first-order valence-electron chi connectivity index (χ1n) is 7.63. The molecule has 22 heavy (non-hydrogen) atoms. The van der Waals surface area contributed by atoms with Gasteiger partial charge in [0.1, 0.15) is 5.75 Å². The number of aliphatic carboxylic acids is 1. The number of carboxylic acid groups (broad SMARTS) is 1. The van der Waals surface area contributed by atoms with E-state index >= 15 is 0 Å². The van der Waals surface area contributed by atoms with Gasteiger partial charge >= 0.3 is 5.97 Å². The predicted molar refractivity (Wildman–Crippen MR) is 81.1 cm³/mol. The first-order chi connectivity index (χ1) is 10.4. The number of benzene rings is 1. The van der Waals surface area contributed by atoms with Crippen molar-refractivity contribution in [3.63, 3.8) is 0 Å². The topological polar surface area (TPSA) is 83.8 Å². The molecule has 2 rings (SSSR count). The zero-order chi connectivity index (χ0) is 16.2. The molecule has 1 atom stereocenters. The van der Waals surface area contributed by atoms with Crippen LogP contribution in [0.25, 0.3) is 0 Å². The Morgan fingerprint density at radius 2 is 2.00 bits per heavy atom. The smallest absolute Gasteiger partial charge is 0.336 e. The van der Waals surface area contributed by atoms with Crippen molar-refractivity contribution >= 4 is 11.8 Å². The monoisotopic (exact) mass is 306 g/mol. The van der Waals surface area contributed by atoms with Crippen LogP contribution in [-0.4, -0.2) is 34.2 Å². The Morgan fingerprint density at radius 1 is 1.32 bits per heavy atom. The molecule has 0 spiro atoms. The second-order valence-electron chi connectivity index (χ2n) is 5.89. The van der Waals surface area contributed by atoms with Crippen LogP contribution in [-0.2, 0) is 4.79 Å². The fraction of sp³-hybridized carbons (Fsp3) is 0.529. The van der Waals surface area contributed by atoms with E-state index in [1.165, 1.54) is 6.92 Å². The Labute approximate surface area is 129 Å². The van der Waals surface area contributed by atoms with Crippen LogP contribution in [0.2, 0.25) is 0 Å². The van der Waals surface area contributed by atoms with Crippen LogP contribution in [0, 0.1) is 5.92 Å². The number of rotatable bonds is 7. The van der Waals surface area contributed by atoms with Crippen molar-refractivity contribution in [2.45, 2.75) is 44.6 Å². The first kappa shape index (κ1) is 16.5. The molecule has 0 aromatic heterocycles. The number of carbonyl (C=O) groups is 2. The van der Waals surface area contributed by atoms with Crippen LogP contribution in [0.1, 0.15) is 49.4 Å². The van der Waals surface area contributed by atoms with E-state index in [0.29, 0.717) is 11.3 Å². The van der Waals surface area contributed by atoms with Gasteiger partial charge in [-0.3, -0.25) is 4.79 Å². The van der Waals surface area contributed by atoms with E-state index in [1.807, 2.05) is 0 Å². The third kappa shape index (κ3) is 3.65. The summed E-state index contributed by atoms with van der Waals surface area (Å²) in [6.45, 7) is 1.57. The number of ketones is 1. The van der Waals surface area contributed by atoms with Gasteiger partial charge in [0, 0.05) is 12.0 Å². The minimum atomic E-state index is -1.73. The maximum absolute atomic E-state index is 11.4. The summed E-state index contributed by atoms with van der Waals surface area (Å²) < 4.78 is 5.53. The molecule has 1 aliphatic carbocycles. The standard InChI is InChI=1S/C17H22O5/c1-12(18)13-5-4-8-15(11-13)22-10-9-17(21,16(19)20)14-6-2-3-7-14/h4-5,8,11,14,21H,2-3,6-7,9-10H2,1H3,(H,19,20). The summed E-state index contributed by atoms with van der Waals surface area (Å²) in [5, 5.41) is 19.8. The van der Waals surface area contributed by atoms with Gasteiger partial charge in [-0.05, 0) is 37.8 Å². The van der Waals surface area contributed by atoms with Crippen LogP contribution in [0.4, 0.5) is 0 Å². The highest BCUT2D eigenvalue weighted by atomic mass is 16.5. The number of Topliss-reactive ketones (excluding diaryl/α,β-unsaturated/α-hetero) is 1. The zero-order valence-corrected chi connectivity index (χ0v) is 12.7. The molecule has 5 nitrogen and oxygen atoms in total.